The van der Waals surface area contributed by atoms with E-state index in [1.165, 1.54) is 0 Å². The Morgan fingerprint density at radius 3 is 1.49 bits per heavy atom. The molecule has 0 saturated carbocycles. The molecule has 0 aliphatic carbocycles. The van der Waals surface area contributed by atoms with Gasteiger partial charge in [-0.05, 0) is 20.8 Å². The zero-order chi connectivity index (χ0) is 32.7. The minimum atomic E-state index is -0.479. The molecule has 14 heteroatoms. The maximum Gasteiger partial charge on any atom is 0.410 e. The van der Waals surface area contributed by atoms with Gasteiger partial charge in [0.1, 0.15) is 30.3 Å². The maximum absolute atomic E-state index is 12.1. The Hall–Kier alpha value is -3.11. The van der Waals surface area contributed by atoms with Gasteiger partial charge in [0.15, 0.2) is 0 Å². The van der Waals surface area contributed by atoms with Crippen molar-refractivity contribution in [2.75, 3.05) is 78.7 Å². The Bertz CT molecular complexity index is 1120. The van der Waals surface area contributed by atoms with Gasteiger partial charge in [-0.2, -0.15) is 0 Å². The van der Waals surface area contributed by atoms with Crippen molar-refractivity contribution in [1.29, 1.82) is 0 Å². The van der Waals surface area contributed by atoms with Gasteiger partial charge in [-0.1, -0.05) is 0 Å². The van der Waals surface area contributed by atoms with Crippen LogP contribution in [-0.4, -0.2) is 135 Å². The van der Waals surface area contributed by atoms with E-state index in [4.69, 9.17) is 24.4 Å². The lowest BCUT2D eigenvalue weighted by Crippen LogP contribution is -2.50. The third kappa shape index (κ3) is 13.4. The number of nitrogens with zero attached hydrogens (tertiary/aromatic N) is 5. The SMILES string of the molecule is CC(C)(C)OC(=O)N1CCN(CCOc2cc(CO)nc(CO)c2)CC1.OCc1cc(OCCN2CCNCC2)cc(CO)n1. The van der Waals surface area contributed by atoms with Gasteiger partial charge < -0.3 is 44.9 Å². The summed E-state index contributed by atoms with van der Waals surface area (Å²) in [5.41, 5.74) is 1.50. The van der Waals surface area contributed by atoms with Crippen LogP contribution in [0.5, 0.6) is 11.5 Å². The van der Waals surface area contributed by atoms with Crippen LogP contribution < -0.4 is 14.8 Å². The van der Waals surface area contributed by atoms with Gasteiger partial charge in [0, 0.05) is 89.7 Å². The predicted molar refractivity (Wildman–Crippen MR) is 167 cm³/mol. The minimum Gasteiger partial charge on any atom is -0.492 e. The van der Waals surface area contributed by atoms with Crippen LogP contribution >= 0.6 is 0 Å². The second-order valence-electron chi connectivity index (χ2n) is 11.8. The van der Waals surface area contributed by atoms with Gasteiger partial charge >= 0.3 is 6.09 Å². The maximum atomic E-state index is 12.1. The van der Waals surface area contributed by atoms with Crippen LogP contribution in [0.3, 0.4) is 0 Å². The average molecular weight is 635 g/mol. The first-order valence-electron chi connectivity index (χ1n) is 15.4. The number of ether oxygens (including phenoxy) is 3. The highest BCUT2D eigenvalue weighted by Crippen LogP contribution is 2.17. The molecule has 2 saturated heterocycles. The second-order valence-corrected chi connectivity index (χ2v) is 11.8. The third-order valence-corrected chi connectivity index (χ3v) is 7.04. The van der Waals surface area contributed by atoms with Crippen LogP contribution in [0.4, 0.5) is 4.79 Å². The van der Waals surface area contributed by atoms with E-state index in [0.717, 1.165) is 52.4 Å². The van der Waals surface area contributed by atoms with Crippen molar-refractivity contribution >= 4 is 6.09 Å². The Morgan fingerprint density at radius 1 is 0.711 bits per heavy atom. The van der Waals surface area contributed by atoms with Crippen molar-refractivity contribution in [2.24, 2.45) is 0 Å². The van der Waals surface area contributed by atoms with E-state index in [9.17, 15) is 15.0 Å². The van der Waals surface area contributed by atoms with Crippen LogP contribution in [0.1, 0.15) is 43.5 Å². The first kappa shape index (κ1) is 36.4. The summed E-state index contributed by atoms with van der Waals surface area (Å²) in [4.78, 5) is 26.5. The van der Waals surface area contributed by atoms with Crippen LogP contribution in [0.2, 0.25) is 0 Å². The number of piperazine rings is 2. The number of nitrogens with one attached hydrogen (secondary N) is 1. The lowest BCUT2D eigenvalue weighted by Gasteiger charge is -2.35. The molecule has 0 atom stereocenters. The van der Waals surface area contributed by atoms with Crippen molar-refractivity contribution in [3.05, 3.63) is 47.0 Å². The lowest BCUT2D eigenvalue weighted by molar-refractivity contribution is 0.0137. The highest BCUT2D eigenvalue weighted by molar-refractivity contribution is 5.68. The van der Waals surface area contributed by atoms with E-state index in [1.54, 1.807) is 29.2 Å². The highest BCUT2D eigenvalue weighted by atomic mass is 16.6. The molecular formula is C31H50N6O8. The van der Waals surface area contributed by atoms with E-state index in [2.05, 4.69) is 25.1 Å². The van der Waals surface area contributed by atoms with E-state index >= 15 is 0 Å². The van der Waals surface area contributed by atoms with Gasteiger partial charge in [-0.15, -0.1) is 0 Å². The summed E-state index contributed by atoms with van der Waals surface area (Å²) in [6.45, 7) is 14.5. The van der Waals surface area contributed by atoms with Crippen molar-refractivity contribution in [2.45, 2.75) is 52.8 Å². The Balaban J connectivity index is 0.000000257. The van der Waals surface area contributed by atoms with Gasteiger partial charge in [0.05, 0.1) is 49.2 Å². The number of aromatic nitrogens is 2. The van der Waals surface area contributed by atoms with E-state index < -0.39 is 5.60 Å². The number of aliphatic hydroxyl groups excluding tert-OH is 4. The number of pyridine rings is 2. The quantitative estimate of drug-likeness (QED) is 0.217. The zero-order valence-corrected chi connectivity index (χ0v) is 26.8. The predicted octanol–water partition coefficient (Wildman–Crippen LogP) is 0.348. The molecule has 0 spiro atoms. The summed E-state index contributed by atoms with van der Waals surface area (Å²) in [5, 5.41) is 39.9. The molecule has 0 aromatic carbocycles. The average Bonchev–Trinajstić information content (AvgIpc) is 3.04. The molecule has 252 valence electrons. The Kier molecular flexibility index (Phi) is 15.2. The van der Waals surface area contributed by atoms with Gasteiger partial charge in [-0.3, -0.25) is 19.8 Å². The van der Waals surface area contributed by atoms with Gasteiger partial charge in [-0.25, -0.2) is 4.79 Å². The normalized spacial score (nSPS) is 16.1. The zero-order valence-electron chi connectivity index (χ0n) is 26.8. The molecule has 2 fully saturated rings. The van der Waals surface area contributed by atoms with Crippen LogP contribution in [0.25, 0.3) is 0 Å². The third-order valence-electron chi connectivity index (χ3n) is 7.04. The summed E-state index contributed by atoms with van der Waals surface area (Å²) in [6.07, 6.45) is -0.266. The molecule has 4 rings (SSSR count). The fourth-order valence-corrected chi connectivity index (χ4v) is 4.73. The van der Waals surface area contributed by atoms with Crippen LogP contribution in [0.15, 0.2) is 24.3 Å². The molecule has 14 nitrogen and oxygen atoms in total. The fraction of sp³-hybridized carbons (Fsp3) is 0.645. The monoisotopic (exact) mass is 634 g/mol. The molecule has 45 heavy (non-hydrogen) atoms. The molecule has 5 N–H and O–H groups in total. The van der Waals surface area contributed by atoms with E-state index in [-0.39, 0.29) is 32.5 Å². The van der Waals surface area contributed by atoms with E-state index in [1.807, 2.05) is 20.8 Å². The molecular weight excluding hydrogens is 584 g/mol. The minimum absolute atomic E-state index is 0.151. The lowest BCUT2D eigenvalue weighted by atomic mass is 10.2. The molecule has 2 aliphatic heterocycles. The van der Waals surface area contributed by atoms with Crippen molar-refractivity contribution < 1.29 is 39.4 Å². The molecule has 1 amide bonds. The van der Waals surface area contributed by atoms with Gasteiger partial charge in [0.2, 0.25) is 0 Å². The van der Waals surface area contributed by atoms with Crippen molar-refractivity contribution in [3.63, 3.8) is 0 Å². The summed E-state index contributed by atoms with van der Waals surface area (Å²) < 4.78 is 16.8. The van der Waals surface area contributed by atoms with Crippen LogP contribution in [0, 0.1) is 0 Å². The number of carbonyl (C=O) groups is 1. The molecule has 2 aromatic heterocycles. The number of rotatable bonds is 12. The number of hydrogen-bond donors (Lipinski definition) is 5. The first-order chi connectivity index (χ1) is 21.6. The van der Waals surface area contributed by atoms with Crippen molar-refractivity contribution in [3.8, 4) is 11.5 Å². The number of hydrogen-bond acceptors (Lipinski definition) is 13. The van der Waals surface area contributed by atoms with E-state index in [0.29, 0.717) is 60.6 Å². The summed E-state index contributed by atoms with van der Waals surface area (Å²) >= 11 is 0. The topological polar surface area (TPSA) is 173 Å². The summed E-state index contributed by atoms with van der Waals surface area (Å²) in [5.74, 6) is 1.23. The number of carbonyl (C=O) groups excluding carboxylic acids is 1. The highest BCUT2D eigenvalue weighted by Gasteiger charge is 2.25. The summed E-state index contributed by atoms with van der Waals surface area (Å²) in [7, 11) is 0. The molecule has 0 unspecified atom stereocenters. The first-order valence-corrected chi connectivity index (χ1v) is 15.4. The largest absolute Gasteiger partial charge is 0.492 e. The molecule has 0 bridgehead atoms. The summed E-state index contributed by atoms with van der Waals surface area (Å²) in [6, 6.07) is 6.74. The van der Waals surface area contributed by atoms with Gasteiger partial charge in [0.25, 0.3) is 0 Å². The smallest absolute Gasteiger partial charge is 0.410 e. The van der Waals surface area contributed by atoms with Crippen LogP contribution in [-0.2, 0) is 31.2 Å². The van der Waals surface area contributed by atoms with Crippen molar-refractivity contribution in [1.82, 2.24) is 30.0 Å². The second kappa shape index (κ2) is 18.8. The molecule has 2 aromatic rings. The number of aliphatic hydroxyl groups is 4. The standard InChI is InChI=1S/C18H29N3O5.C13H21N3O3/c1-18(2,3)26-17(24)21-6-4-20(5-7-21)8-9-25-16-10-14(12-22)19-15(11-16)13-23;17-9-11-7-13(8-12(10-18)15-11)19-6-5-16-3-1-14-2-4-16/h10-11,22-23H,4-9,12-13H2,1-3H3;7-8,14,17-18H,1-6,9-10H2. The number of amides is 1. The fourth-order valence-electron chi connectivity index (χ4n) is 4.73. The molecule has 0 radical (unpaired) electrons. The Labute approximate surface area is 265 Å². The Morgan fingerprint density at radius 2 is 1.11 bits per heavy atom. The molecule has 2 aliphatic rings. The molecule has 4 heterocycles.